The van der Waals surface area contributed by atoms with Gasteiger partial charge in [0.2, 0.25) is 5.76 Å². The van der Waals surface area contributed by atoms with Crippen molar-refractivity contribution in [1.29, 1.82) is 0 Å². The quantitative estimate of drug-likeness (QED) is 0.940. The largest absolute Gasteiger partial charge is 0.478 e. The summed E-state index contributed by atoms with van der Waals surface area (Å²) in [5.41, 5.74) is 2.85. The molecule has 2 aliphatic rings. The van der Waals surface area contributed by atoms with E-state index in [0.717, 1.165) is 29.7 Å². The number of carboxylic acids is 1. The average Bonchev–Trinajstić information content (AvgIpc) is 3.09. The van der Waals surface area contributed by atoms with Crippen LogP contribution in [0, 0.1) is 0 Å². The SMILES string of the molecule is O=C(O)c1ccc2c(c1)CN(C(=O)c1ocnc1C1CC1)C2. The normalized spacial score (nSPS) is 16.6. The van der Waals surface area contributed by atoms with Crippen LogP contribution in [0.4, 0.5) is 0 Å². The molecule has 0 bridgehead atoms. The van der Waals surface area contributed by atoms with Crippen LogP contribution in [0.1, 0.15) is 56.5 Å². The minimum absolute atomic E-state index is 0.174. The van der Waals surface area contributed by atoms with Crippen LogP contribution in [-0.2, 0) is 13.1 Å². The van der Waals surface area contributed by atoms with Crippen molar-refractivity contribution in [2.24, 2.45) is 0 Å². The van der Waals surface area contributed by atoms with Crippen molar-refractivity contribution >= 4 is 11.9 Å². The number of carbonyl (C=O) groups excluding carboxylic acids is 1. The van der Waals surface area contributed by atoms with Gasteiger partial charge in [-0.05, 0) is 36.1 Å². The number of oxazole rings is 1. The maximum Gasteiger partial charge on any atom is 0.335 e. The first-order chi connectivity index (χ1) is 10.6. The Labute approximate surface area is 126 Å². The van der Waals surface area contributed by atoms with Gasteiger partial charge in [0.05, 0.1) is 11.3 Å². The smallest absolute Gasteiger partial charge is 0.335 e. The second-order valence-electron chi connectivity index (χ2n) is 5.79. The first-order valence-electron chi connectivity index (χ1n) is 7.21. The minimum Gasteiger partial charge on any atom is -0.478 e. The summed E-state index contributed by atoms with van der Waals surface area (Å²) in [7, 11) is 0. The Kier molecular flexibility index (Phi) is 2.79. The van der Waals surface area contributed by atoms with Gasteiger partial charge in [0.15, 0.2) is 6.39 Å². The summed E-state index contributed by atoms with van der Waals surface area (Å²) in [6.45, 7) is 0.874. The molecule has 1 aromatic carbocycles. The molecule has 1 amide bonds. The van der Waals surface area contributed by atoms with E-state index < -0.39 is 5.97 Å². The van der Waals surface area contributed by atoms with E-state index in [1.807, 2.05) is 0 Å². The molecule has 1 aliphatic heterocycles. The highest BCUT2D eigenvalue weighted by molar-refractivity contribution is 5.93. The summed E-state index contributed by atoms with van der Waals surface area (Å²) in [4.78, 5) is 29.5. The summed E-state index contributed by atoms with van der Waals surface area (Å²) >= 11 is 0. The Morgan fingerprint density at radius 2 is 2.00 bits per heavy atom. The predicted octanol–water partition coefficient (Wildman–Crippen LogP) is 2.41. The van der Waals surface area contributed by atoms with E-state index in [0.29, 0.717) is 24.8 Å². The van der Waals surface area contributed by atoms with E-state index in [9.17, 15) is 9.59 Å². The third kappa shape index (κ3) is 2.07. The van der Waals surface area contributed by atoms with Gasteiger partial charge in [-0.25, -0.2) is 9.78 Å². The van der Waals surface area contributed by atoms with Gasteiger partial charge >= 0.3 is 5.97 Å². The van der Waals surface area contributed by atoms with Gasteiger partial charge in [0.1, 0.15) is 0 Å². The molecule has 1 saturated carbocycles. The Morgan fingerprint density at radius 1 is 1.23 bits per heavy atom. The van der Waals surface area contributed by atoms with Crippen molar-refractivity contribution in [2.45, 2.75) is 31.8 Å². The number of carboxylic acid groups (broad SMARTS) is 1. The van der Waals surface area contributed by atoms with Crippen LogP contribution < -0.4 is 0 Å². The molecular weight excluding hydrogens is 284 g/mol. The molecule has 1 aromatic heterocycles. The Hall–Kier alpha value is -2.63. The maximum absolute atomic E-state index is 12.6. The Morgan fingerprint density at radius 3 is 2.73 bits per heavy atom. The number of nitrogens with zero attached hydrogens (tertiary/aromatic N) is 2. The van der Waals surface area contributed by atoms with E-state index in [4.69, 9.17) is 9.52 Å². The molecule has 22 heavy (non-hydrogen) atoms. The fraction of sp³-hybridized carbons (Fsp3) is 0.312. The molecule has 6 heteroatoms. The van der Waals surface area contributed by atoms with Crippen LogP contribution in [0.15, 0.2) is 29.0 Å². The number of carbonyl (C=O) groups is 2. The number of amides is 1. The van der Waals surface area contributed by atoms with Gasteiger partial charge in [-0.15, -0.1) is 0 Å². The van der Waals surface area contributed by atoms with E-state index in [1.165, 1.54) is 6.39 Å². The summed E-state index contributed by atoms with van der Waals surface area (Å²) in [6.07, 6.45) is 3.43. The van der Waals surface area contributed by atoms with Crippen molar-refractivity contribution in [3.8, 4) is 0 Å². The van der Waals surface area contributed by atoms with Crippen LogP contribution >= 0.6 is 0 Å². The van der Waals surface area contributed by atoms with Gasteiger partial charge in [-0.1, -0.05) is 6.07 Å². The Bertz CT molecular complexity index is 776. The highest BCUT2D eigenvalue weighted by Gasteiger charge is 2.35. The fourth-order valence-corrected chi connectivity index (χ4v) is 2.88. The monoisotopic (exact) mass is 298 g/mol. The number of rotatable bonds is 3. The third-order valence-corrected chi connectivity index (χ3v) is 4.22. The first kappa shape index (κ1) is 13.1. The van der Waals surface area contributed by atoms with E-state index in [-0.39, 0.29) is 11.5 Å². The molecule has 0 spiro atoms. The summed E-state index contributed by atoms with van der Waals surface area (Å²) in [5.74, 6) is -0.457. The highest BCUT2D eigenvalue weighted by atomic mass is 16.4. The molecule has 112 valence electrons. The second-order valence-corrected chi connectivity index (χ2v) is 5.79. The maximum atomic E-state index is 12.6. The topological polar surface area (TPSA) is 83.6 Å². The zero-order valence-corrected chi connectivity index (χ0v) is 11.8. The molecule has 1 fully saturated rings. The number of aromatic nitrogens is 1. The summed E-state index contributed by atoms with van der Waals surface area (Å²) in [6, 6.07) is 4.97. The third-order valence-electron chi connectivity index (χ3n) is 4.22. The number of hydrogen-bond donors (Lipinski definition) is 1. The van der Waals surface area contributed by atoms with Crippen molar-refractivity contribution in [2.75, 3.05) is 0 Å². The predicted molar refractivity (Wildman–Crippen MR) is 75.5 cm³/mol. The van der Waals surface area contributed by atoms with E-state index in [1.54, 1.807) is 23.1 Å². The minimum atomic E-state index is -0.959. The molecule has 0 radical (unpaired) electrons. The van der Waals surface area contributed by atoms with Crippen molar-refractivity contribution in [3.05, 3.63) is 52.7 Å². The number of fused-ring (bicyclic) bond motifs is 1. The van der Waals surface area contributed by atoms with E-state index >= 15 is 0 Å². The molecule has 0 saturated heterocycles. The lowest BCUT2D eigenvalue weighted by Crippen LogP contribution is -2.25. The zero-order valence-electron chi connectivity index (χ0n) is 11.8. The van der Waals surface area contributed by atoms with E-state index in [2.05, 4.69) is 4.98 Å². The van der Waals surface area contributed by atoms with Crippen LogP contribution in [0.3, 0.4) is 0 Å². The van der Waals surface area contributed by atoms with Crippen molar-refractivity contribution < 1.29 is 19.1 Å². The summed E-state index contributed by atoms with van der Waals surface area (Å²) in [5, 5.41) is 9.04. The standard InChI is InChI=1S/C16H14N2O4/c19-15(14-13(9-1-2-9)17-8-22-14)18-6-11-4-3-10(16(20)21)5-12(11)7-18/h3-5,8-9H,1-2,6-7H2,(H,20,21). The number of aromatic carboxylic acids is 1. The molecule has 0 atom stereocenters. The van der Waals surface area contributed by atoms with Crippen molar-refractivity contribution in [3.63, 3.8) is 0 Å². The van der Waals surface area contributed by atoms with Gasteiger partial charge < -0.3 is 14.4 Å². The van der Waals surface area contributed by atoms with Crippen LogP contribution in [0.25, 0.3) is 0 Å². The molecule has 0 unspecified atom stereocenters. The number of hydrogen-bond acceptors (Lipinski definition) is 4. The molecular formula is C16H14N2O4. The molecule has 1 N–H and O–H groups in total. The van der Waals surface area contributed by atoms with Crippen molar-refractivity contribution in [1.82, 2.24) is 9.88 Å². The number of benzene rings is 1. The molecule has 4 rings (SSSR count). The fourth-order valence-electron chi connectivity index (χ4n) is 2.88. The van der Waals surface area contributed by atoms with Gasteiger partial charge in [-0.3, -0.25) is 4.79 Å². The lowest BCUT2D eigenvalue weighted by Gasteiger charge is -2.13. The molecule has 2 heterocycles. The van der Waals surface area contributed by atoms with Gasteiger partial charge in [0.25, 0.3) is 5.91 Å². The van der Waals surface area contributed by atoms with Gasteiger partial charge in [0, 0.05) is 19.0 Å². The zero-order chi connectivity index (χ0) is 15.3. The highest BCUT2D eigenvalue weighted by Crippen LogP contribution is 2.41. The molecule has 6 nitrogen and oxygen atoms in total. The van der Waals surface area contributed by atoms with Crippen LogP contribution in [0.2, 0.25) is 0 Å². The Balaban J connectivity index is 1.58. The van der Waals surface area contributed by atoms with Crippen LogP contribution in [-0.4, -0.2) is 26.9 Å². The first-order valence-corrected chi connectivity index (χ1v) is 7.21. The summed E-state index contributed by atoms with van der Waals surface area (Å²) < 4.78 is 5.30. The average molecular weight is 298 g/mol. The molecule has 1 aliphatic carbocycles. The van der Waals surface area contributed by atoms with Gasteiger partial charge in [-0.2, -0.15) is 0 Å². The van der Waals surface area contributed by atoms with Crippen LogP contribution in [0.5, 0.6) is 0 Å². The lowest BCUT2D eigenvalue weighted by atomic mass is 10.1. The lowest BCUT2D eigenvalue weighted by molar-refractivity contribution is 0.0695. The molecule has 2 aromatic rings. The second kappa shape index (κ2) is 4.69.